The summed E-state index contributed by atoms with van der Waals surface area (Å²) in [6.45, 7) is 2.07. The van der Waals surface area contributed by atoms with Crippen molar-refractivity contribution in [2.45, 2.75) is 71.1 Å². The molecule has 0 aromatic heterocycles. The normalized spacial score (nSPS) is 10.7. The van der Waals surface area contributed by atoms with Gasteiger partial charge in [0, 0.05) is 6.42 Å². The van der Waals surface area contributed by atoms with Crippen molar-refractivity contribution in [3.8, 4) is 17.2 Å². The first kappa shape index (κ1) is 31.3. The van der Waals surface area contributed by atoms with E-state index in [4.69, 9.17) is 14.2 Å². The molecule has 2 N–H and O–H groups in total. The van der Waals surface area contributed by atoms with E-state index >= 15 is 0 Å². The van der Waals surface area contributed by atoms with E-state index in [0.717, 1.165) is 19.3 Å². The first-order valence-electron chi connectivity index (χ1n) is 13.6. The third-order valence-corrected chi connectivity index (χ3v) is 6.07. The third kappa shape index (κ3) is 12.5. The van der Waals surface area contributed by atoms with E-state index < -0.39 is 11.9 Å². The van der Waals surface area contributed by atoms with Gasteiger partial charge in [0.2, 0.25) is 5.91 Å². The van der Waals surface area contributed by atoms with E-state index in [-0.39, 0.29) is 18.2 Å². The van der Waals surface area contributed by atoms with Crippen LogP contribution in [0.15, 0.2) is 47.6 Å². The molecule has 9 heteroatoms. The van der Waals surface area contributed by atoms with E-state index in [2.05, 4.69) is 22.8 Å². The second kappa shape index (κ2) is 18.4. The maximum absolute atomic E-state index is 12.4. The predicted octanol–water partition coefficient (Wildman–Crippen LogP) is 5.41. The van der Waals surface area contributed by atoms with Gasteiger partial charge in [-0.3, -0.25) is 9.59 Å². The number of carbonyl (C=O) groups is 3. The summed E-state index contributed by atoms with van der Waals surface area (Å²) in [7, 11) is 3.01. The molecule has 0 saturated heterocycles. The van der Waals surface area contributed by atoms with Crippen LogP contribution in [0.3, 0.4) is 0 Å². The van der Waals surface area contributed by atoms with Gasteiger partial charge in [0.25, 0.3) is 5.91 Å². The zero-order valence-corrected chi connectivity index (χ0v) is 23.3. The number of hydrogen-bond acceptors (Lipinski definition) is 7. The summed E-state index contributed by atoms with van der Waals surface area (Å²) in [5, 5.41) is 6.54. The molecule has 0 spiro atoms. The van der Waals surface area contributed by atoms with E-state index in [1.807, 2.05) is 0 Å². The minimum atomic E-state index is -0.538. The number of methoxy groups -OCH3 is 2. The number of nitrogens with zero attached hydrogens (tertiary/aromatic N) is 1. The summed E-state index contributed by atoms with van der Waals surface area (Å²) < 4.78 is 15.9. The highest BCUT2D eigenvalue weighted by atomic mass is 16.6. The number of carbonyl (C=O) groups excluding carboxylic acids is 3. The summed E-state index contributed by atoms with van der Waals surface area (Å²) in [5.74, 6) is 0.108. The molecule has 2 amide bonds. The molecule has 0 aliphatic rings. The smallest absolute Gasteiger partial charge is 0.343 e. The van der Waals surface area contributed by atoms with Crippen molar-refractivity contribution in [1.82, 2.24) is 10.7 Å². The Balaban J connectivity index is 1.69. The molecule has 0 unspecified atom stereocenters. The monoisotopic (exact) mass is 539 g/mol. The minimum absolute atomic E-state index is 0.137. The minimum Gasteiger partial charge on any atom is -0.497 e. The highest BCUT2D eigenvalue weighted by molar-refractivity contribution is 5.92. The maximum Gasteiger partial charge on any atom is 0.343 e. The van der Waals surface area contributed by atoms with E-state index in [1.54, 1.807) is 49.6 Å². The molecule has 0 fully saturated rings. The predicted molar refractivity (Wildman–Crippen MR) is 152 cm³/mol. The van der Waals surface area contributed by atoms with Crippen LogP contribution in [-0.2, 0) is 9.59 Å². The number of unbranched alkanes of at least 4 members (excludes halogenated alkanes) is 8. The van der Waals surface area contributed by atoms with Crippen molar-refractivity contribution in [1.29, 1.82) is 0 Å². The molecule has 2 aromatic carbocycles. The molecular weight excluding hydrogens is 498 g/mol. The molecule has 0 aliphatic heterocycles. The van der Waals surface area contributed by atoms with Crippen molar-refractivity contribution in [3.63, 3.8) is 0 Å². The highest BCUT2D eigenvalue weighted by Crippen LogP contribution is 2.28. The second-order valence-corrected chi connectivity index (χ2v) is 9.18. The standard InChI is InChI=1S/C30H41N3O6/c1-4-5-6-7-8-9-10-11-12-13-28(34)31-22-29(35)33-32-21-23-14-19-26(27(20-23)38-3)39-30(36)24-15-17-25(37-2)18-16-24/h14-21H,4-13,22H2,1-3H3,(H,31,34)(H,33,35). The van der Waals surface area contributed by atoms with Crippen molar-refractivity contribution in [2.75, 3.05) is 20.8 Å². The van der Waals surface area contributed by atoms with Crippen LogP contribution in [0.5, 0.6) is 17.2 Å². The molecule has 0 heterocycles. The second-order valence-electron chi connectivity index (χ2n) is 9.18. The van der Waals surface area contributed by atoms with Crippen molar-refractivity contribution in [3.05, 3.63) is 53.6 Å². The molecule has 0 radical (unpaired) electrons. The Bertz CT molecular complexity index is 1070. The van der Waals surface area contributed by atoms with Gasteiger partial charge >= 0.3 is 5.97 Å². The van der Waals surface area contributed by atoms with Crippen molar-refractivity contribution in [2.24, 2.45) is 5.10 Å². The molecule has 2 rings (SSSR count). The van der Waals surface area contributed by atoms with Gasteiger partial charge < -0.3 is 19.5 Å². The largest absolute Gasteiger partial charge is 0.497 e. The van der Waals surface area contributed by atoms with Crippen LogP contribution in [0.4, 0.5) is 0 Å². The number of benzene rings is 2. The van der Waals surface area contributed by atoms with Crippen LogP contribution in [0.1, 0.15) is 87.1 Å². The number of esters is 1. The lowest BCUT2D eigenvalue weighted by Gasteiger charge is -2.10. The lowest BCUT2D eigenvalue weighted by molar-refractivity contribution is -0.126. The van der Waals surface area contributed by atoms with Crippen LogP contribution >= 0.6 is 0 Å². The van der Waals surface area contributed by atoms with Gasteiger partial charge in [0.05, 0.1) is 32.5 Å². The van der Waals surface area contributed by atoms with Crippen LogP contribution < -0.4 is 25.0 Å². The fourth-order valence-corrected chi connectivity index (χ4v) is 3.82. The van der Waals surface area contributed by atoms with Gasteiger partial charge in [-0.05, 0) is 54.4 Å². The summed E-state index contributed by atoms with van der Waals surface area (Å²) in [5.41, 5.74) is 3.37. The first-order chi connectivity index (χ1) is 19.0. The maximum atomic E-state index is 12.4. The average molecular weight is 540 g/mol. The number of hydrogen-bond donors (Lipinski definition) is 2. The number of amides is 2. The topological polar surface area (TPSA) is 115 Å². The molecule has 39 heavy (non-hydrogen) atoms. The third-order valence-electron chi connectivity index (χ3n) is 6.07. The number of nitrogens with one attached hydrogen (secondary N) is 2. The Labute approximate surface area is 231 Å². The molecule has 0 saturated carbocycles. The summed E-state index contributed by atoms with van der Waals surface area (Å²) in [6.07, 6.45) is 12.5. The SMILES string of the molecule is CCCCCCCCCCCC(=O)NCC(=O)NN=Cc1ccc(OC(=O)c2ccc(OC)cc2)c(OC)c1. The molecule has 0 atom stereocenters. The van der Waals surface area contributed by atoms with Crippen LogP contribution in [0, 0.1) is 0 Å². The molecule has 0 bridgehead atoms. The molecule has 212 valence electrons. The van der Waals surface area contributed by atoms with Crippen molar-refractivity contribution >= 4 is 24.0 Å². The highest BCUT2D eigenvalue weighted by Gasteiger charge is 2.13. The van der Waals surface area contributed by atoms with Gasteiger partial charge in [-0.25, -0.2) is 10.2 Å². The van der Waals surface area contributed by atoms with Gasteiger partial charge in [0.15, 0.2) is 11.5 Å². The van der Waals surface area contributed by atoms with Crippen LogP contribution in [-0.4, -0.2) is 44.8 Å². The van der Waals surface area contributed by atoms with Gasteiger partial charge in [-0.15, -0.1) is 0 Å². The average Bonchev–Trinajstić information content (AvgIpc) is 2.95. The first-order valence-corrected chi connectivity index (χ1v) is 13.6. The molecule has 0 aliphatic carbocycles. The molecular formula is C30H41N3O6. The lowest BCUT2D eigenvalue weighted by atomic mass is 10.1. The van der Waals surface area contributed by atoms with E-state index in [0.29, 0.717) is 29.0 Å². The summed E-state index contributed by atoms with van der Waals surface area (Å²) in [6, 6.07) is 11.4. The van der Waals surface area contributed by atoms with Gasteiger partial charge in [0.1, 0.15) is 5.75 Å². The number of rotatable bonds is 18. The Morgan fingerprint density at radius 1 is 0.795 bits per heavy atom. The quantitative estimate of drug-likeness (QED) is 0.0861. The Morgan fingerprint density at radius 3 is 2.10 bits per heavy atom. The van der Waals surface area contributed by atoms with Crippen LogP contribution in [0.25, 0.3) is 0 Å². The molecule has 2 aromatic rings. The fourth-order valence-electron chi connectivity index (χ4n) is 3.82. The van der Waals surface area contributed by atoms with E-state index in [9.17, 15) is 14.4 Å². The number of ether oxygens (including phenoxy) is 3. The van der Waals surface area contributed by atoms with E-state index in [1.165, 1.54) is 51.8 Å². The zero-order chi connectivity index (χ0) is 28.3. The van der Waals surface area contributed by atoms with Crippen molar-refractivity contribution < 1.29 is 28.6 Å². The lowest BCUT2D eigenvalue weighted by Crippen LogP contribution is -2.34. The Kier molecular flexibility index (Phi) is 14.8. The van der Waals surface area contributed by atoms with Gasteiger partial charge in [-0.1, -0.05) is 58.3 Å². The van der Waals surface area contributed by atoms with Gasteiger partial charge in [-0.2, -0.15) is 5.10 Å². The Morgan fingerprint density at radius 2 is 1.46 bits per heavy atom. The molecule has 9 nitrogen and oxygen atoms in total. The summed E-state index contributed by atoms with van der Waals surface area (Å²) >= 11 is 0. The van der Waals surface area contributed by atoms with Crippen LogP contribution in [0.2, 0.25) is 0 Å². The zero-order valence-electron chi connectivity index (χ0n) is 23.3. The Hall–Kier alpha value is -3.88. The number of hydrazone groups is 1. The summed E-state index contributed by atoms with van der Waals surface area (Å²) in [4.78, 5) is 36.4. The fraction of sp³-hybridized carbons (Fsp3) is 0.467.